The highest BCUT2D eigenvalue weighted by atomic mass is 16.3. The molecule has 1 amide bonds. The van der Waals surface area contributed by atoms with Crippen LogP contribution in [0, 0.1) is 6.92 Å². The number of aromatic nitrogens is 2. The fourth-order valence-electron chi connectivity index (χ4n) is 2.56. The number of anilines is 1. The van der Waals surface area contributed by atoms with Crippen LogP contribution in [0.4, 0.5) is 5.69 Å². The zero-order chi connectivity index (χ0) is 16.5. The Morgan fingerprint density at radius 3 is 2.67 bits per heavy atom. The normalized spacial score (nSPS) is 10.9. The Hall–Kier alpha value is -3.34. The number of imidazole rings is 1. The first-order valence-corrected chi connectivity index (χ1v) is 7.62. The van der Waals surface area contributed by atoms with Crippen LogP contribution in [0.1, 0.15) is 16.1 Å². The number of amides is 1. The van der Waals surface area contributed by atoms with Crippen LogP contribution < -0.4 is 5.32 Å². The molecule has 0 aliphatic heterocycles. The van der Waals surface area contributed by atoms with E-state index in [2.05, 4.69) is 15.3 Å². The highest BCUT2D eigenvalue weighted by molar-refractivity contribution is 6.05. The number of aromatic amines is 1. The van der Waals surface area contributed by atoms with Crippen LogP contribution in [0.2, 0.25) is 0 Å². The molecule has 24 heavy (non-hydrogen) atoms. The second-order valence-electron chi connectivity index (χ2n) is 5.55. The number of carbonyl (C=O) groups is 1. The molecule has 0 fully saturated rings. The molecule has 2 aromatic heterocycles. The Morgan fingerprint density at radius 2 is 1.92 bits per heavy atom. The predicted molar refractivity (Wildman–Crippen MR) is 92.9 cm³/mol. The largest absolute Gasteiger partial charge is 0.458 e. The van der Waals surface area contributed by atoms with E-state index in [9.17, 15) is 4.79 Å². The molecule has 118 valence electrons. The van der Waals surface area contributed by atoms with E-state index < -0.39 is 0 Å². The van der Waals surface area contributed by atoms with Gasteiger partial charge < -0.3 is 14.7 Å². The molecular weight excluding hydrogens is 302 g/mol. The number of carbonyl (C=O) groups excluding carboxylic acids is 1. The maximum atomic E-state index is 12.2. The van der Waals surface area contributed by atoms with Crippen LogP contribution in [0.5, 0.6) is 0 Å². The summed E-state index contributed by atoms with van der Waals surface area (Å²) in [5.74, 6) is 2.06. The summed E-state index contributed by atoms with van der Waals surface area (Å²) in [6.07, 6.45) is 0. The summed E-state index contributed by atoms with van der Waals surface area (Å²) < 4.78 is 5.59. The van der Waals surface area contributed by atoms with Crippen molar-refractivity contribution in [1.29, 1.82) is 0 Å². The van der Waals surface area contributed by atoms with Crippen molar-refractivity contribution < 1.29 is 9.21 Å². The van der Waals surface area contributed by atoms with Gasteiger partial charge in [-0.3, -0.25) is 4.79 Å². The number of furan rings is 1. The number of nitrogens with zero attached hydrogens (tertiary/aromatic N) is 1. The van der Waals surface area contributed by atoms with Crippen LogP contribution in [0.15, 0.2) is 65.1 Å². The maximum Gasteiger partial charge on any atom is 0.255 e. The first-order chi connectivity index (χ1) is 11.7. The van der Waals surface area contributed by atoms with E-state index in [1.54, 1.807) is 12.1 Å². The molecule has 0 bridgehead atoms. The van der Waals surface area contributed by atoms with E-state index in [1.165, 1.54) is 0 Å². The highest BCUT2D eigenvalue weighted by Crippen LogP contribution is 2.24. The summed E-state index contributed by atoms with van der Waals surface area (Å²) in [4.78, 5) is 20.0. The van der Waals surface area contributed by atoms with Gasteiger partial charge in [0, 0.05) is 11.3 Å². The molecule has 0 spiro atoms. The van der Waals surface area contributed by atoms with Gasteiger partial charge in [-0.2, -0.15) is 0 Å². The number of hydrogen-bond acceptors (Lipinski definition) is 3. The van der Waals surface area contributed by atoms with Crippen molar-refractivity contribution in [1.82, 2.24) is 9.97 Å². The Kier molecular flexibility index (Phi) is 3.39. The van der Waals surface area contributed by atoms with Crippen molar-refractivity contribution >= 4 is 22.6 Å². The molecule has 4 rings (SSSR count). The monoisotopic (exact) mass is 317 g/mol. The first-order valence-electron chi connectivity index (χ1n) is 7.62. The fraction of sp³-hybridized carbons (Fsp3) is 0.0526. The average molecular weight is 317 g/mol. The summed E-state index contributed by atoms with van der Waals surface area (Å²) in [5, 5.41) is 2.89. The molecule has 0 radical (unpaired) electrons. The first kappa shape index (κ1) is 14.3. The topological polar surface area (TPSA) is 70.9 Å². The van der Waals surface area contributed by atoms with Crippen LogP contribution in [-0.2, 0) is 0 Å². The second kappa shape index (κ2) is 5.70. The minimum Gasteiger partial charge on any atom is -0.458 e. The molecule has 0 saturated carbocycles. The minimum absolute atomic E-state index is 0.142. The summed E-state index contributed by atoms with van der Waals surface area (Å²) in [7, 11) is 0. The van der Waals surface area contributed by atoms with Gasteiger partial charge in [0.15, 0.2) is 11.6 Å². The van der Waals surface area contributed by atoms with Crippen molar-refractivity contribution in [3.8, 4) is 11.6 Å². The lowest BCUT2D eigenvalue weighted by Crippen LogP contribution is -2.11. The lowest BCUT2D eigenvalue weighted by Gasteiger charge is -2.04. The number of benzene rings is 2. The molecule has 0 aliphatic rings. The van der Waals surface area contributed by atoms with Gasteiger partial charge in [0.2, 0.25) is 0 Å². The SMILES string of the molecule is Cc1ccc(-c2nc3ccc(NC(=O)c4ccccc4)cc3[nH]2)o1. The van der Waals surface area contributed by atoms with Gasteiger partial charge in [0.1, 0.15) is 5.76 Å². The van der Waals surface area contributed by atoms with E-state index in [0.717, 1.165) is 16.8 Å². The summed E-state index contributed by atoms with van der Waals surface area (Å²) in [6.45, 7) is 1.89. The van der Waals surface area contributed by atoms with Gasteiger partial charge in [-0.25, -0.2) is 4.98 Å². The highest BCUT2D eigenvalue weighted by Gasteiger charge is 2.10. The van der Waals surface area contributed by atoms with E-state index in [-0.39, 0.29) is 5.91 Å². The lowest BCUT2D eigenvalue weighted by atomic mass is 10.2. The molecule has 5 heteroatoms. The van der Waals surface area contributed by atoms with Gasteiger partial charge in [0.25, 0.3) is 5.91 Å². The summed E-state index contributed by atoms with van der Waals surface area (Å²) in [6, 6.07) is 18.5. The van der Waals surface area contributed by atoms with Crippen LogP contribution in [0.3, 0.4) is 0 Å². The molecule has 5 nitrogen and oxygen atoms in total. The van der Waals surface area contributed by atoms with Gasteiger partial charge in [-0.1, -0.05) is 18.2 Å². The lowest BCUT2D eigenvalue weighted by molar-refractivity contribution is 0.102. The average Bonchev–Trinajstić information content (AvgIpc) is 3.21. The third-order valence-electron chi connectivity index (χ3n) is 3.75. The van der Waals surface area contributed by atoms with Crippen molar-refractivity contribution in [2.75, 3.05) is 5.32 Å². The minimum atomic E-state index is -0.142. The summed E-state index contributed by atoms with van der Waals surface area (Å²) >= 11 is 0. The molecule has 0 atom stereocenters. The standard InChI is InChI=1S/C19H15N3O2/c1-12-7-10-17(24-12)18-21-15-9-8-14(11-16(15)22-18)20-19(23)13-5-3-2-4-6-13/h2-11H,1H3,(H,20,23)(H,21,22). The van der Waals surface area contributed by atoms with Gasteiger partial charge in [-0.15, -0.1) is 0 Å². The Bertz CT molecular complexity index is 1020. The van der Waals surface area contributed by atoms with Crippen molar-refractivity contribution in [2.45, 2.75) is 6.92 Å². The van der Waals surface area contributed by atoms with Crippen LogP contribution >= 0.6 is 0 Å². The van der Waals surface area contributed by atoms with Crippen molar-refractivity contribution in [2.24, 2.45) is 0 Å². The van der Waals surface area contributed by atoms with Crippen LogP contribution in [-0.4, -0.2) is 15.9 Å². The number of fused-ring (bicyclic) bond motifs is 1. The predicted octanol–water partition coefficient (Wildman–Crippen LogP) is 4.38. The second-order valence-corrected chi connectivity index (χ2v) is 5.55. The molecule has 2 aromatic carbocycles. The van der Waals surface area contributed by atoms with E-state index >= 15 is 0 Å². The maximum absolute atomic E-state index is 12.2. The number of aryl methyl sites for hydroxylation is 1. The van der Waals surface area contributed by atoms with E-state index in [1.807, 2.05) is 55.5 Å². The van der Waals surface area contributed by atoms with Crippen molar-refractivity contribution in [3.63, 3.8) is 0 Å². The van der Waals surface area contributed by atoms with Crippen LogP contribution in [0.25, 0.3) is 22.6 Å². The van der Waals surface area contributed by atoms with Gasteiger partial charge in [-0.05, 0) is 49.4 Å². The number of rotatable bonds is 3. The molecule has 2 N–H and O–H groups in total. The Morgan fingerprint density at radius 1 is 1.08 bits per heavy atom. The number of H-pyrrole nitrogens is 1. The van der Waals surface area contributed by atoms with E-state index in [0.29, 0.717) is 22.8 Å². The molecule has 0 unspecified atom stereocenters. The molecule has 4 aromatic rings. The Balaban J connectivity index is 1.62. The molecule has 0 saturated heterocycles. The fourth-order valence-corrected chi connectivity index (χ4v) is 2.56. The zero-order valence-electron chi connectivity index (χ0n) is 13.0. The molecule has 2 heterocycles. The summed E-state index contributed by atoms with van der Waals surface area (Å²) in [5.41, 5.74) is 2.98. The quantitative estimate of drug-likeness (QED) is 0.589. The third-order valence-corrected chi connectivity index (χ3v) is 3.75. The molecule has 0 aliphatic carbocycles. The van der Waals surface area contributed by atoms with Gasteiger partial charge >= 0.3 is 0 Å². The molecular formula is C19H15N3O2. The smallest absolute Gasteiger partial charge is 0.255 e. The third kappa shape index (κ3) is 2.67. The number of hydrogen-bond donors (Lipinski definition) is 2. The van der Waals surface area contributed by atoms with E-state index in [4.69, 9.17) is 4.42 Å². The zero-order valence-corrected chi connectivity index (χ0v) is 13.0. The number of nitrogens with one attached hydrogen (secondary N) is 2. The Labute approximate surface area is 138 Å². The van der Waals surface area contributed by atoms with Crippen molar-refractivity contribution in [3.05, 3.63) is 72.0 Å². The van der Waals surface area contributed by atoms with Gasteiger partial charge in [0.05, 0.1) is 11.0 Å².